The number of aromatic nitrogens is 5. The summed E-state index contributed by atoms with van der Waals surface area (Å²) in [5.74, 6) is 1.75. The van der Waals surface area contributed by atoms with E-state index in [-0.39, 0.29) is 31.9 Å². The number of nitrogens with zero attached hydrogens (tertiary/aromatic N) is 5. The first-order chi connectivity index (χ1) is 31.6. The molecule has 4 heterocycles. The third-order valence-electron chi connectivity index (χ3n) is 12.2. The summed E-state index contributed by atoms with van der Waals surface area (Å²) in [5, 5.41) is 4.33. The van der Waals surface area contributed by atoms with Crippen molar-refractivity contribution >= 4 is 54.6 Å². The van der Waals surface area contributed by atoms with Gasteiger partial charge in [0.15, 0.2) is 0 Å². The van der Waals surface area contributed by atoms with Gasteiger partial charge in [0, 0.05) is 66.3 Å². The van der Waals surface area contributed by atoms with Gasteiger partial charge in [-0.25, -0.2) is 4.98 Å². The SMILES string of the molecule is [2H]C([2H])([2H])[n+]1[c-]n(-c2[c-]c(Oc3[c-]c4c(cc3)c3ccccc3n4-c3cc(C(C)(C)C)ccn3)ccc2)c2cccc(-c3c(C(C)(C)C)ccc4c5ccccc5n(-c5ccccc5)c34)c21.[Pt]. The van der Waals surface area contributed by atoms with Crippen LogP contribution in [0.4, 0.5) is 0 Å². The molecule has 11 aromatic rings. The molecule has 0 atom stereocenters. The fourth-order valence-electron chi connectivity index (χ4n) is 9.26. The normalized spacial score (nSPS) is 13.1. The molecule has 0 amide bonds. The van der Waals surface area contributed by atoms with E-state index >= 15 is 0 Å². The number of ether oxygens (including phenoxy) is 1. The first kappa shape index (κ1) is 37.8. The zero-order chi connectivity index (χ0) is 45.7. The second-order valence-corrected chi connectivity index (χ2v) is 18.4. The molecule has 0 saturated heterocycles. The van der Waals surface area contributed by atoms with Crippen LogP contribution in [-0.4, -0.2) is 18.7 Å². The Labute approximate surface area is 392 Å². The number of benzene rings is 7. The van der Waals surface area contributed by atoms with Gasteiger partial charge in [0.05, 0.1) is 33.2 Å². The van der Waals surface area contributed by atoms with Crippen LogP contribution in [0.15, 0.2) is 158 Å². The molecule has 0 radical (unpaired) electrons. The van der Waals surface area contributed by atoms with Gasteiger partial charge >= 0.3 is 0 Å². The Morgan fingerprint density at radius 2 is 1.28 bits per heavy atom. The molecule has 7 aromatic carbocycles. The van der Waals surface area contributed by atoms with E-state index in [0.29, 0.717) is 28.2 Å². The summed E-state index contributed by atoms with van der Waals surface area (Å²) in [4.78, 5) is 4.83. The first-order valence-electron chi connectivity index (χ1n) is 22.9. The van der Waals surface area contributed by atoms with Gasteiger partial charge in [-0.15, -0.1) is 29.7 Å². The summed E-state index contributed by atoms with van der Waals surface area (Å²) in [5.41, 5.74) is 10.4. The maximum absolute atomic E-state index is 8.91. The van der Waals surface area contributed by atoms with Crippen molar-refractivity contribution in [1.82, 2.24) is 18.7 Å². The van der Waals surface area contributed by atoms with E-state index in [1.54, 1.807) is 4.57 Å². The van der Waals surface area contributed by atoms with E-state index in [9.17, 15) is 0 Å². The average molecular weight is 1020 g/mol. The van der Waals surface area contributed by atoms with E-state index in [1.165, 1.54) is 10.1 Å². The largest absolute Gasteiger partial charge is 0.510 e. The molecule has 0 aliphatic carbocycles. The monoisotopic (exact) mass is 1020 g/mol. The Hall–Kier alpha value is -6.75. The minimum absolute atomic E-state index is 0. The van der Waals surface area contributed by atoms with Crippen molar-refractivity contribution in [3.05, 3.63) is 187 Å². The Balaban J connectivity index is 0.00000525. The minimum Gasteiger partial charge on any atom is -0.510 e. The van der Waals surface area contributed by atoms with Gasteiger partial charge in [-0.2, -0.15) is 18.2 Å². The minimum atomic E-state index is -2.57. The van der Waals surface area contributed by atoms with Crippen molar-refractivity contribution in [1.29, 1.82) is 0 Å². The van der Waals surface area contributed by atoms with Crippen molar-refractivity contribution in [3.8, 4) is 39.8 Å². The van der Waals surface area contributed by atoms with Crippen LogP contribution in [0.3, 0.4) is 0 Å². The van der Waals surface area contributed by atoms with Crippen LogP contribution in [0.1, 0.15) is 56.8 Å². The summed E-state index contributed by atoms with van der Waals surface area (Å²) in [6.45, 7) is 10.7. The van der Waals surface area contributed by atoms with Crippen LogP contribution in [0, 0.1) is 18.5 Å². The molecule has 0 fully saturated rings. The Kier molecular flexibility index (Phi) is 9.15. The van der Waals surface area contributed by atoms with E-state index in [0.717, 1.165) is 71.8 Å². The second-order valence-electron chi connectivity index (χ2n) is 18.4. The van der Waals surface area contributed by atoms with E-state index in [2.05, 4.69) is 160 Å². The van der Waals surface area contributed by atoms with Gasteiger partial charge in [0.2, 0.25) is 6.33 Å². The molecule has 318 valence electrons. The van der Waals surface area contributed by atoms with Crippen LogP contribution in [0.2, 0.25) is 0 Å². The Morgan fingerprint density at radius 1 is 0.609 bits per heavy atom. The molecule has 0 aliphatic heterocycles. The van der Waals surface area contributed by atoms with Crippen LogP contribution in [0.25, 0.3) is 83.0 Å². The number of aryl methyl sites for hydroxylation is 1. The van der Waals surface area contributed by atoms with Gasteiger partial charge in [0.1, 0.15) is 5.82 Å². The number of imidazole rings is 1. The predicted octanol–water partition coefficient (Wildman–Crippen LogP) is 13.5. The predicted molar refractivity (Wildman–Crippen MR) is 257 cm³/mol. The van der Waals surface area contributed by atoms with Gasteiger partial charge in [-0.05, 0) is 69.3 Å². The fourth-order valence-corrected chi connectivity index (χ4v) is 9.26. The smallest absolute Gasteiger partial charge is 0.242 e. The molecule has 0 spiro atoms. The number of pyridine rings is 1. The fraction of sp³-hybridized carbons (Fsp3) is 0.158. The Bertz CT molecular complexity index is 3700. The van der Waals surface area contributed by atoms with Crippen molar-refractivity contribution < 1.29 is 34.5 Å². The van der Waals surface area contributed by atoms with Crippen LogP contribution >= 0.6 is 0 Å². The summed E-state index contributed by atoms with van der Waals surface area (Å²) >= 11 is 0. The number of rotatable bonds is 6. The molecular weight excluding hydrogens is 966 g/mol. The van der Waals surface area contributed by atoms with Gasteiger partial charge < -0.3 is 23.0 Å². The topological polar surface area (TPSA) is 40.8 Å². The first-order valence-corrected chi connectivity index (χ1v) is 21.4. The van der Waals surface area contributed by atoms with Gasteiger partial charge in [-0.3, -0.25) is 0 Å². The third-order valence-corrected chi connectivity index (χ3v) is 12.2. The molecule has 0 unspecified atom stereocenters. The Morgan fingerprint density at radius 3 is 2.03 bits per heavy atom. The molecule has 0 aliphatic rings. The molecular formula is C57H47N5OPt-2. The van der Waals surface area contributed by atoms with Crippen LogP contribution < -0.4 is 9.30 Å². The molecule has 6 nitrogen and oxygen atoms in total. The van der Waals surface area contributed by atoms with Gasteiger partial charge in [-0.1, -0.05) is 138 Å². The van der Waals surface area contributed by atoms with Crippen molar-refractivity contribution in [3.63, 3.8) is 0 Å². The summed E-state index contributed by atoms with van der Waals surface area (Å²) in [6.07, 6.45) is 5.13. The maximum atomic E-state index is 8.91. The summed E-state index contributed by atoms with van der Waals surface area (Å²) in [6, 6.07) is 58.4. The number of hydrogen-bond acceptors (Lipinski definition) is 2. The van der Waals surface area contributed by atoms with Crippen LogP contribution in [-0.2, 0) is 38.9 Å². The molecule has 0 N–H and O–H groups in total. The van der Waals surface area contributed by atoms with E-state index in [1.807, 2.05) is 66.9 Å². The summed E-state index contributed by atoms with van der Waals surface area (Å²) < 4.78 is 40.9. The molecule has 0 bridgehead atoms. The second kappa shape index (κ2) is 15.5. The number of fused-ring (bicyclic) bond motifs is 7. The quantitative estimate of drug-likeness (QED) is 0.123. The van der Waals surface area contributed by atoms with Crippen molar-refractivity contribution in [2.24, 2.45) is 6.98 Å². The van der Waals surface area contributed by atoms with Crippen molar-refractivity contribution in [2.75, 3.05) is 0 Å². The zero-order valence-corrected chi connectivity index (χ0v) is 38.7. The van der Waals surface area contributed by atoms with Crippen LogP contribution in [0.5, 0.6) is 11.5 Å². The molecule has 0 saturated carbocycles. The molecule has 7 heteroatoms. The third kappa shape index (κ3) is 6.75. The van der Waals surface area contributed by atoms with E-state index in [4.69, 9.17) is 13.8 Å². The number of para-hydroxylation sites is 4. The molecule has 4 aromatic heterocycles. The zero-order valence-electron chi connectivity index (χ0n) is 39.5. The number of hydrogen-bond donors (Lipinski definition) is 0. The molecule has 64 heavy (non-hydrogen) atoms. The van der Waals surface area contributed by atoms with E-state index < -0.39 is 6.98 Å². The summed E-state index contributed by atoms with van der Waals surface area (Å²) in [7, 11) is 0. The standard InChI is InChI=1S/C57H47N5O.Pt/c1-56(2,3)37-31-32-58-52(33-37)62-49-25-14-11-21-42(49)44-28-27-41(35-51(44)62)63-40-20-15-19-39(34-40)60-36-59(7)54-46(23-16-26-50(54)60)53-47(57(4,5)6)30-29-45-43-22-12-13-24-48(43)61(55(45)53)38-17-9-8-10-18-38;/h8-33H,1-7H3;/q-2;/i7D3;. The average Bonchev–Trinajstić information content (AvgIpc) is 3.97. The molecule has 11 rings (SSSR count). The van der Waals surface area contributed by atoms with Gasteiger partial charge in [0.25, 0.3) is 0 Å². The van der Waals surface area contributed by atoms with Crippen molar-refractivity contribution in [2.45, 2.75) is 52.4 Å². The maximum Gasteiger partial charge on any atom is 0.242 e.